The number of nitrogens with zero attached hydrogens (tertiary/aromatic N) is 2. The van der Waals surface area contributed by atoms with E-state index in [9.17, 15) is 0 Å². The van der Waals surface area contributed by atoms with E-state index in [0.29, 0.717) is 5.92 Å². The molecule has 0 radical (unpaired) electrons. The van der Waals surface area contributed by atoms with Gasteiger partial charge < -0.3 is 10.6 Å². The highest BCUT2D eigenvalue weighted by atomic mass is 127. The van der Waals surface area contributed by atoms with Gasteiger partial charge in [0.1, 0.15) is 5.01 Å². The Labute approximate surface area is 147 Å². The lowest BCUT2D eigenvalue weighted by molar-refractivity contribution is 0.773. The van der Waals surface area contributed by atoms with Crippen LogP contribution in [-0.4, -0.2) is 36.5 Å². The predicted octanol–water partition coefficient (Wildman–Crippen LogP) is 3.30. The molecular weight excluding hydrogens is 403 g/mol. The molecule has 7 heteroatoms. The van der Waals surface area contributed by atoms with Gasteiger partial charge in [-0.1, -0.05) is 13.8 Å². The van der Waals surface area contributed by atoms with Gasteiger partial charge in [-0.2, -0.15) is 11.8 Å². The van der Waals surface area contributed by atoms with Crippen molar-refractivity contribution < 1.29 is 0 Å². The number of nitrogens with one attached hydrogen (secondary N) is 2. The Bertz CT molecular complexity index is 393. The fraction of sp³-hybridized carbons (Fsp3) is 0.692. The van der Waals surface area contributed by atoms with Crippen molar-refractivity contribution in [3.8, 4) is 0 Å². The zero-order valence-corrected chi connectivity index (χ0v) is 16.6. The number of aromatic nitrogens is 1. The molecule has 1 heterocycles. The van der Waals surface area contributed by atoms with Crippen LogP contribution in [0.25, 0.3) is 0 Å². The minimum atomic E-state index is 0. The van der Waals surface area contributed by atoms with Crippen LogP contribution in [-0.2, 0) is 6.54 Å². The van der Waals surface area contributed by atoms with Gasteiger partial charge in [0.05, 0.1) is 12.2 Å². The number of aliphatic imine (C=N–C) groups is 1. The third-order valence-corrected chi connectivity index (χ3v) is 4.17. The maximum atomic E-state index is 4.60. The van der Waals surface area contributed by atoms with Gasteiger partial charge in [-0.05, 0) is 24.3 Å². The van der Waals surface area contributed by atoms with Gasteiger partial charge in [0.15, 0.2) is 5.96 Å². The van der Waals surface area contributed by atoms with E-state index in [1.54, 1.807) is 18.4 Å². The summed E-state index contributed by atoms with van der Waals surface area (Å²) in [6, 6.07) is 0. The SMILES string of the molecule is CN=C(NCCCSC)NCc1nc(C(C)C)cs1.I. The molecule has 1 aromatic heterocycles. The Morgan fingerprint density at radius 2 is 2.20 bits per heavy atom. The van der Waals surface area contributed by atoms with Crippen molar-refractivity contribution in [1.29, 1.82) is 0 Å². The minimum absolute atomic E-state index is 0. The molecule has 0 atom stereocenters. The summed E-state index contributed by atoms with van der Waals surface area (Å²) in [6.07, 6.45) is 3.28. The Morgan fingerprint density at radius 1 is 1.45 bits per heavy atom. The zero-order valence-electron chi connectivity index (χ0n) is 12.6. The quantitative estimate of drug-likeness (QED) is 0.303. The summed E-state index contributed by atoms with van der Waals surface area (Å²) in [7, 11) is 1.80. The molecule has 20 heavy (non-hydrogen) atoms. The third kappa shape index (κ3) is 7.68. The highest BCUT2D eigenvalue weighted by molar-refractivity contribution is 14.0. The average molecular weight is 428 g/mol. The number of guanidine groups is 1. The van der Waals surface area contributed by atoms with Crippen LogP contribution in [0.15, 0.2) is 10.4 Å². The first-order chi connectivity index (χ1) is 9.17. The van der Waals surface area contributed by atoms with Crippen LogP contribution in [0.2, 0.25) is 0 Å². The molecule has 4 nitrogen and oxygen atoms in total. The van der Waals surface area contributed by atoms with Gasteiger partial charge in [0.25, 0.3) is 0 Å². The van der Waals surface area contributed by atoms with Gasteiger partial charge in [0, 0.05) is 19.0 Å². The Kier molecular flexibility index (Phi) is 11.6. The molecule has 0 saturated heterocycles. The molecule has 2 N–H and O–H groups in total. The summed E-state index contributed by atoms with van der Waals surface area (Å²) in [6.45, 7) is 6.02. The van der Waals surface area contributed by atoms with E-state index in [1.807, 2.05) is 11.8 Å². The van der Waals surface area contributed by atoms with Crippen LogP contribution in [0, 0.1) is 0 Å². The van der Waals surface area contributed by atoms with Crippen LogP contribution in [0.4, 0.5) is 0 Å². The van der Waals surface area contributed by atoms with E-state index < -0.39 is 0 Å². The molecule has 0 amide bonds. The van der Waals surface area contributed by atoms with E-state index in [4.69, 9.17) is 0 Å². The smallest absolute Gasteiger partial charge is 0.191 e. The molecule has 0 fully saturated rings. The van der Waals surface area contributed by atoms with Crippen LogP contribution < -0.4 is 10.6 Å². The molecule has 0 bridgehead atoms. The van der Waals surface area contributed by atoms with E-state index in [0.717, 1.165) is 30.5 Å². The number of thioether (sulfide) groups is 1. The molecule has 1 rings (SSSR count). The first-order valence-corrected chi connectivity index (χ1v) is 8.82. The average Bonchev–Trinajstić information content (AvgIpc) is 2.87. The lowest BCUT2D eigenvalue weighted by atomic mass is 10.2. The summed E-state index contributed by atoms with van der Waals surface area (Å²) >= 11 is 3.57. The summed E-state index contributed by atoms with van der Waals surface area (Å²) in [4.78, 5) is 8.80. The van der Waals surface area contributed by atoms with E-state index in [-0.39, 0.29) is 24.0 Å². The molecule has 1 aromatic rings. The topological polar surface area (TPSA) is 49.3 Å². The minimum Gasteiger partial charge on any atom is -0.356 e. The second kappa shape index (κ2) is 11.6. The Morgan fingerprint density at radius 3 is 2.75 bits per heavy atom. The van der Waals surface area contributed by atoms with Crippen molar-refractivity contribution in [1.82, 2.24) is 15.6 Å². The van der Waals surface area contributed by atoms with Crippen molar-refractivity contribution >= 4 is 53.0 Å². The van der Waals surface area contributed by atoms with Crippen molar-refractivity contribution in [2.45, 2.75) is 32.7 Å². The van der Waals surface area contributed by atoms with Gasteiger partial charge >= 0.3 is 0 Å². The first-order valence-electron chi connectivity index (χ1n) is 6.55. The first kappa shape index (κ1) is 20.0. The van der Waals surface area contributed by atoms with Crippen LogP contribution in [0.3, 0.4) is 0 Å². The van der Waals surface area contributed by atoms with Crippen LogP contribution in [0.1, 0.15) is 36.9 Å². The maximum Gasteiger partial charge on any atom is 0.191 e. The Balaban J connectivity index is 0.00000361. The van der Waals surface area contributed by atoms with Crippen molar-refractivity contribution in [3.63, 3.8) is 0 Å². The lowest BCUT2D eigenvalue weighted by Gasteiger charge is -2.10. The summed E-state index contributed by atoms with van der Waals surface area (Å²) < 4.78 is 0. The van der Waals surface area contributed by atoms with E-state index in [2.05, 4.69) is 46.1 Å². The molecule has 0 unspecified atom stereocenters. The second-order valence-electron chi connectivity index (χ2n) is 4.52. The molecule has 0 aliphatic carbocycles. The van der Waals surface area contributed by atoms with Gasteiger partial charge in [-0.3, -0.25) is 4.99 Å². The largest absolute Gasteiger partial charge is 0.356 e. The number of hydrogen-bond acceptors (Lipinski definition) is 4. The van der Waals surface area contributed by atoms with Crippen molar-refractivity contribution in [3.05, 3.63) is 16.1 Å². The summed E-state index contributed by atoms with van der Waals surface area (Å²) in [5, 5.41) is 9.84. The number of rotatable bonds is 7. The Hall–Kier alpha value is -0.0200. The fourth-order valence-electron chi connectivity index (χ4n) is 1.47. The van der Waals surface area contributed by atoms with Crippen molar-refractivity contribution in [2.24, 2.45) is 4.99 Å². The number of halogens is 1. The molecule has 0 spiro atoms. The van der Waals surface area contributed by atoms with Gasteiger partial charge in [0.2, 0.25) is 0 Å². The monoisotopic (exact) mass is 428 g/mol. The summed E-state index contributed by atoms with van der Waals surface area (Å²) in [5.41, 5.74) is 1.17. The molecule has 0 aromatic carbocycles. The van der Waals surface area contributed by atoms with Crippen LogP contribution in [0.5, 0.6) is 0 Å². The normalized spacial score (nSPS) is 11.3. The number of thiazole rings is 1. The molecule has 0 saturated carbocycles. The van der Waals surface area contributed by atoms with Crippen LogP contribution >= 0.6 is 47.1 Å². The van der Waals surface area contributed by atoms with E-state index in [1.165, 1.54) is 11.4 Å². The molecule has 116 valence electrons. The summed E-state index contributed by atoms with van der Waals surface area (Å²) in [5.74, 6) is 2.52. The molecule has 0 aliphatic rings. The standard InChI is InChI=1S/C13H24N4S2.HI/c1-10(2)11-9-19-12(17-11)8-16-13(14-3)15-6-5-7-18-4;/h9-10H,5-8H2,1-4H3,(H2,14,15,16);1H. The number of hydrogen-bond donors (Lipinski definition) is 2. The predicted molar refractivity (Wildman–Crippen MR) is 103 cm³/mol. The highest BCUT2D eigenvalue weighted by Crippen LogP contribution is 2.17. The van der Waals surface area contributed by atoms with Gasteiger partial charge in [-0.15, -0.1) is 35.3 Å². The molecular formula is C13H25IN4S2. The second-order valence-corrected chi connectivity index (χ2v) is 6.45. The van der Waals surface area contributed by atoms with Crippen molar-refractivity contribution in [2.75, 3.05) is 25.6 Å². The fourth-order valence-corrected chi connectivity index (χ4v) is 2.80. The highest BCUT2D eigenvalue weighted by Gasteiger charge is 2.06. The van der Waals surface area contributed by atoms with Gasteiger partial charge in [-0.25, -0.2) is 4.98 Å². The third-order valence-electron chi connectivity index (χ3n) is 2.61. The maximum absolute atomic E-state index is 4.60. The zero-order chi connectivity index (χ0) is 14.1. The molecule has 0 aliphatic heterocycles. The van der Waals surface area contributed by atoms with E-state index >= 15 is 0 Å². The lowest BCUT2D eigenvalue weighted by Crippen LogP contribution is -2.37.